The normalized spacial score (nSPS) is 13.8. The Kier molecular flexibility index (Phi) is 43.1. The van der Waals surface area contributed by atoms with Crippen LogP contribution in [0.1, 0.15) is 245 Å². The lowest BCUT2D eigenvalue weighted by Gasteiger charge is -2.21. The van der Waals surface area contributed by atoms with Gasteiger partial charge in [-0.1, -0.05) is 230 Å². The average Bonchev–Trinajstić information content (AvgIpc) is 3.18. The zero-order valence-electron chi connectivity index (χ0n) is 36.1. The van der Waals surface area contributed by atoms with Gasteiger partial charge in [0.15, 0.2) is 0 Å². The van der Waals surface area contributed by atoms with Crippen LogP contribution in [0.25, 0.3) is 0 Å². The molecule has 0 heterocycles. The minimum Gasteiger partial charge on any atom is -0.394 e. The molecule has 3 atom stereocenters. The smallest absolute Gasteiger partial charge is 0.249 e. The van der Waals surface area contributed by atoms with E-state index in [1.165, 1.54) is 186 Å². The van der Waals surface area contributed by atoms with Crippen LogP contribution in [-0.2, 0) is 4.79 Å². The van der Waals surface area contributed by atoms with Gasteiger partial charge in [-0.3, -0.25) is 4.79 Å². The molecule has 0 radical (unpaired) electrons. The highest BCUT2D eigenvalue weighted by atomic mass is 16.3. The van der Waals surface area contributed by atoms with E-state index in [0.717, 1.165) is 38.5 Å². The molecule has 0 rings (SSSR count). The maximum Gasteiger partial charge on any atom is 0.249 e. The lowest BCUT2D eigenvalue weighted by molar-refractivity contribution is -0.131. The number of aliphatic hydroxyl groups is 3. The number of carbonyl (C=O) groups is 1. The lowest BCUT2D eigenvalue weighted by atomic mass is 10.0. The summed E-state index contributed by atoms with van der Waals surface area (Å²) >= 11 is 0. The van der Waals surface area contributed by atoms with Crippen molar-refractivity contribution in [3.63, 3.8) is 0 Å². The van der Waals surface area contributed by atoms with Crippen molar-refractivity contribution in [1.29, 1.82) is 0 Å². The van der Waals surface area contributed by atoms with E-state index in [-0.39, 0.29) is 6.61 Å². The first-order valence-electron chi connectivity index (χ1n) is 23.8. The first-order chi connectivity index (χ1) is 26.6. The van der Waals surface area contributed by atoms with Crippen LogP contribution in [0.15, 0.2) is 36.5 Å². The summed E-state index contributed by atoms with van der Waals surface area (Å²) in [4.78, 5) is 12.4. The van der Waals surface area contributed by atoms with Gasteiger partial charge in [-0.15, -0.1) is 0 Å². The largest absolute Gasteiger partial charge is 0.394 e. The minimum absolute atomic E-state index is 0.363. The van der Waals surface area contributed by atoms with E-state index < -0.39 is 24.2 Å². The fraction of sp³-hybridized carbons (Fsp3) is 0.857. The third kappa shape index (κ3) is 38.8. The molecule has 5 nitrogen and oxygen atoms in total. The molecule has 0 aliphatic heterocycles. The molecular weight excluding hydrogens is 667 g/mol. The van der Waals surface area contributed by atoms with Crippen LogP contribution in [0.3, 0.4) is 0 Å². The van der Waals surface area contributed by atoms with Gasteiger partial charge in [-0.25, -0.2) is 0 Å². The van der Waals surface area contributed by atoms with Crippen LogP contribution in [0.5, 0.6) is 0 Å². The number of allylic oxidation sites excluding steroid dienone is 5. The molecule has 0 bridgehead atoms. The lowest BCUT2D eigenvalue weighted by Crippen LogP contribution is -2.48. The molecule has 0 aromatic heterocycles. The number of aliphatic hydroxyl groups excluding tert-OH is 3. The summed E-state index contributed by atoms with van der Waals surface area (Å²) in [6.45, 7) is 4.16. The molecule has 0 aromatic carbocycles. The molecule has 0 fully saturated rings. The first-order valence-corrected chi connectivity index (χ1v) is 23.8. The Bertz CT molecular complexity index is 840. The summed E-state index contributed by atoms with van der Waals surface area (Å²) in [6.07, 6.45) is 56.3. The highest BCUT2D eigenvalue weighted by Crippen LogP contribution is 2.15. The van der Waals surface area contributed by atoms with Crippen LogP contribution in [0, 0.1) is 0 Å². The van der Waals surface area contributed by atoms with E-state index in [2.05, 4.69) is 43.5 Å². The van der Waals surface area contributed by atoms with Crippen molar-refractivity contribution in [3.8, 4) is 0 Å². The van der Waals surface area contributed by atoms with Gasteiger partial charge in [0.25, 0.3) is 0 Å². The van der Waals surface area contributed by atoms with E-state index in [9.17, 15) is 20.1 Å². The second-order valence-corrected chi connectivity index (χ2v) is 16.3. The SMILES string of the molecule is CCCCCCCCCC/C=C/C(O)C(CO)NC(=O)C(O)CCCCCCCCCCCCCCCC/C=C\C/C=C\CCCCCCCCCCC. The standard InChI is InChI=1S/C49H93NO4/c1-3-5-7-9-11-13-15-16-17-18-19-20-21-22-23-24-25-26-27-28-29-30-31-32-33-34-36-38-40-42-44-48(53)49(54)50-46(45-51)47(52)43-41-39-37-35-14-12-10-8-6-4-2/h19-20,22-23,41,43,46-48,51-53H,3-18,21,24-40,42,44-45H2,1-2H3,(H,50,54)/b20-19-,23-22-,43-41+. The molecule has 0 aliphatic rings. The predicted octanol–water partition coefficient (Wildman–Crippen LogP) is 13.9. The molecule has 5 heteroatoms. The molecule has 1 amide bonds. The fourth-order valence-corrected chi connectivity index (χ4v) is 7.22. The quantitative estimate of drug-likeness (QED) is 0.0368. The summed E-state index contributed by atoms with van der Waals surface area (Å²) in [6, 6.07) is -0.795. The number of carbonyl (C=O) groups excluding carboxylic acids is 1. The van der Waals surface area contributed by atoms with Crippen molar-refractivity contribution in [2.24, 2.45) is 0 Å². The third-order valence-electron chi connectivity index (χ3n) is 11.0. The minimum atomic E-state index is -1.10. The van der Waals surface area contributed by atoms with Gasteiger partial charge >= 0.3 is 0 Å². The molecule has 0 aliphatic carbocycles. The van der Waals surface area contributed by atoms with Crippen molar-refractivity contribution < 1.29 is 20.1 Å². The first kappa shape index (κ1) is 52.6. The second kappa shape index (κ2) is 44.3. The van der Waals surface area contributed by atoms with Crippen molar-refractivity contribution in [3.05, 3.63) is 36.5 Å². The van der Waals surface area contributed by atoms with Crippen LogP contribution < -0.4 is 5.32 Å². The van der Waals surface area contributed by atoms with Crippen LogP contribution >= 0.6 is 0 Å². The Labute approximate surface area is 336 Å². The number of hydrogen-bond acceptors (Lipinski definition) is 4. The van der Waals surface area contributed by atoms with Gasteiger partial charge in [0, 0.05) is 0 Å². The van der Waals surface area contributed by atoms with E-state index >= 15 is 0 Å². The number of rotatable bonds is 43. The maximum atomic E-state index is 12.4. The van der Waals surface area contributed by atoms with Gasteiger partial charge < -0.3 is 20.6 Å². The number of hydrogen-bond donors (Lipinski definition) is 4. The monoisotopic (exact) mass is 760 g/mol. The topological polar surface area (TPSA) is 89.8 Å². The third-order valence-corrected chi connectivity index (χ3v) is 11.0. The van der Waals surface area contributed by atoms with Crippen molar-refractivity contribution in [1.82, 2.24) is 5.32 Å². The average molecular weight is 760 g/mol. The van der Waals surface area contributed by atoms with Crippen molar-refractivity contribution in [2.45, 2.75) is 263 Å². The molecule has 0 saturated heterocycles. The Balaban J connectivity index is 3.54. The van der Waals surface area contributed by atoms with Crippen molar-refractivity contribution in [2.75, 3.05) is 6.61 Å². The van der Waals surface area contributed by atoms with E-state index in [1.54, 1.807) is 6.08 Å². The van der Waals surface area contributed by atoms with Crippen molar-refractivity contribution >= 4 is 5.91 Å². The zero-order valence-corrected chi connectivity index (χ0v) is 36.1. The Morgan fingerprint density at radius 2 is 0.796 bits per heavy atom. The second-order valence-electron chi connectivity index (χ2n) is 16.3. The van der Waals surface area contributed by atoms with E-state index in [0.29, 0.717) is 6.42 Å². The predicted molar refractivity (Wildman–Crippen MR) is 236 cm³/mol. The molecule has 0 saturated carbocycles. The van der Waals surface area contributed by atoms with Gasteiger partial charge in [0.2, 0.25) is 5.91 Å². The number of unbranched alkanes of at least 4 members (excludes halogenated alkanes) is 31. The summed E-state index contributed by atoms with van der Waals surface area (Å²) in [7, 11) is 0. The van der Waals surface area contributed by atoms with E-state index in [4.69, 9.17) is 0 Å². The molecule has 0 spiro atoms. The highest BCUT2D eigenvalue weighted by Gasteiger charge is 2.22. The molecule has 318 valence electrons. The maximum absolute atomic E-state index is 12.4. The molecule has 3 unspecified atom stereocenters. The summed E-state index contributed by atoms with van der Waals surface area (Å²) in [5.41, 5.74) is 0. The van der Waals surface area contributed by atoms with Gasteiger partial charge in [-0.05, 0) is 51.4 Å². The molecular formula is C49H93NO4. The van der Waals surface area contributed by atoms with Gasteiger partial charge in [0.05, 0.1) is 18.8 Å². The summed E-state index contributed by atoms with van der Waals surface area (Å²) in [5.74, 6) is -0.505. The summed E-state index contributed by atoms with van der Waals surface area (Å²) in [5, 5.41) is 33.0. The fourth-order valence-electron chi connectivity index (χ4n) is 7.22. The Hall–Kier alpha value is -1.43. The number of nitrogens with one attached hydrogen (secondary N) is 1. The molecule has 4 N–H and O–H groups in total. The highest BCUT2D eigenvalue weighted by molar-refractivity contribution is 5.80. The molecule has 0 aromatic rings. The number of amides is 1. The van der Waals surface area contributed by atoms with Crippen LogP contribution in [-0.4, -0.2) is 46.1 Å². The van der Waals surface area contributed by atoms with Gasteiger partial charge in [-0.2, -0.15) is 0 Å². The molecule has 54 heavy (non-hydrogen) atoms. The van der Waals surface area contributed by atoms with Crippen LogP contribution in [0.2, 0.25) is 0 Å². The zero-order chi connectivity index (χ0) is 39.4. The Morgan fingerprint density at radius 3 is 1.17 bits per heavy atom. The van der Waals surface area contributed by atoms with Crippen LogP contribution in [0.4, 0.5) is 0 Å². The summed E-state index contributed by atoms with van der Waals surface area (Å²) < 4.78 is 0. The van der Waals surface area contributed by atoms with E-state index in [1.807, 2.05) is 6.08 Å². The van der Waals surface area contributed by atoms with Gasteiger partial charge in [0.1, 0.15) is 6.10 Å². The Morgan fingerprint density at radius 1 is 0.463 bits per heavy atom.